The molecule has 0 unspecified atom stereocenters. The number of rotatable bonds is 7. The molecule has 0 spiro atoms. The molecule has 1 aliphatic heterocycles. The Morgan fingerprint density at radius 2 is 1.91 bits per heavy atom. The molecule has 3 amide bonds. The van der Waals surface area contributed by atoms with E-state index in [-0.39, 0.29) is 23.2 Å². The third-order valence-electron chi connectivity index (χ3n) is 4.69. The quantitative estimate of drug-likeness (QED) is 0.380. The third kappa shape index (κ3) is 5.30. The van der Waals surface area contributed by atoms with Crippen LogP contribution in [0.3, 0.4) is 0 Å². The minimum absolute atomic E-state index is 0.00560. The van der Waals surface area contributed by atoms with E-state index in [0.717, 1.165) is 5.56 Å². The number of amides is 3. The van der Waals surface area contributed by atoms with Crippen LogP contribution in [0.5, 0.6) is 11.5 Å². The highest BCUT2D eigenvalue weighted by molar-refractivity contribution is 7.80. The van der Waals surface area contributed by atoms with Crippen LogP contribution in [0.25, 0.3) is 6.08 Å². The van der Waals surface area contributed by atoms with Gasteiger partial charge in [0.15, 0.2) is 5.11 Å². The molecule has 166 valence electrons. The zero-order chi connectivity index (χ0) is 23.3. The Labute approximate surface area is 191 Å². The van der Waals surface area contributed by atoms with Crippen LogP contribution < -0.4 is 20.1 Å². The lowest BCUT2D eigenvalue weighted by Crippen LogP contribution is -2.53. The number of thiocarbonyl (C=S) groups is 1. The average molecular weight is 454 g/mol. The van der Waals surface area contributed by atoms with Gasteiger partial charge in [0, 0.05) is 24.7 Å². The summed E-state index contributed by atoms with van der Waals surface area (Å²) in [4.78, 5) is 37.4. The maximum Gasteiger partial charge on any atom is 0.265 e. The molecule has 9 heteroatoms. The summed E-state index contributed by atoms with van der Waals surface area (Å²) in [6.45, 7) is 3.78. The van der Waals surface area contributed by atoms with Crippen LogP contribution in [0, 0.1) is 0 Å². The standard InChI is InChI=1S/C23H23N3O5S/c1-4-26-22(29)19(21(28)25-23(26)32)12-15-5-10-20(30-3)16(11-15)13-31-18-8-6-17(7-9-18)24-14(2)27/h5-12H,4,13H2,1-3H3,(H,24,27)(H,25,28,32). The summed E-state index contributed by atoms with van der Waals surface area (Å²) in [5.74, 6) is 0.103. The molecule has 32 heavy (non-hydrogen) atoms. The Balaban J connectivity index is 1.80. The molecule has 0 radical (unpaired) electrons. The summed E-state index contributed by atoms with van der Waals surface area (Å²) in [6.07, 6.45) is 1.52. The number of hydrogen-bond donors (Lipinski definition) is 2. The molecule has 0 atom stereocenters. The van der Waals surface area contributed by atoms with E-state index in [9.17, 15) is 14.4 Å². The van der Waals surface area contributed by atoms with Crippen LogP contribution >= 0.6 is 12.2 Å². The Morgan fingerprint density at radius 3 is 2.53 bits per heavy atom. The van der Waals surface area contributed by atoms with Crippen LogP contribution in [-0.4, -0.2) is 41.4 Å². The molecule has 2 N–H and O–H groups in total. The Morgan fingerprint density at radius 1 is 1.19 bits per heavy atom. The van der Waals surface area contributed by atoms with Gasteiger partial charge in [-0.25, -0.2) is 0 Å². The Bertz CT molecular complexity index is 1100. The van der Waals surface area contributed by atoms with Gasteiger partial charge in [-0.1, -0.05) is 6.07 Å². The molecule has 1 fully saturated rings. The Hall–Kier alpha value is -3.72. The minimum Gasteiger partial charge on any atom is -0.496 e. The van der Waals surface area contributed by atoms with Gasteiger partial charge in [0.2, 0.25) is 5.91 Å². The largest absolute Gasteiger partial charge is 0.496 e. The molecule has 0 bridgehead atoms. The van der Waals surface area contributed by atoms with Gasteiger partial charge in [-0.05, 0) is 67.2 Å². The molecule has 1 saturated heterocycles. The first-order valence-electron chi connectivity index (χ1n) is 9.88. The topological polar surface area (TPSA) is 97.0 Å². The van der Waals surface area contributed by atoms with Crippen LogP contribution in [0.2, 0.25) is 0 Å². The lowest BCUT2D eigenvalue weighted by molar-refractivity contribution is -0.128. The molecular weight excluding hydrogens is 430 g/mol. The van der Waals surface area contributed by atoms with Crippen molar-refractivity contribution in [2.24, 2.45) is 0 Å². The number of methoxy groups -OCH3 is 1. The van der Waals surface area contributed by atoms with Crippen molar-refractivity contribution in [2.45, 2.75) is 20.5 Å². The van der Waals surface area contributed by atoms with E-state index in [4.69, 9.17) is 21.7 Å². The molecule has 0 saturated carbocycles. The smallest absolute Gasteiger partial charge is 0.265 e. The monoisotopic (exact) mass is 453 g/mol. The lowest BCUT2D eigenvalue weighted by Gasteiger charge is -2.27. The molecule has 1 heterocycles. The normalized spacial score (nSPS) is 14.9. The summed E-state index contributed by atoms with van der Waals surface area (Å²) in [6, 6.07) is 12.3. The van der Waals surface area contributed by atoms with Crippen LogP contribution in [0.15, 0.2) is 48.0 Å². The molecule has 3 rings (SSSR count). The summed E-state index contributed by atoms with van der Waals surface area (Å²) >= 11 is 5.05. The van der Waals surface area contributed by atoms with E-state index >= 15 is 0 Å². The minimum atomic E-state index is -0.530. The number of nitrogens with one attached hydrogen (secondary N) is 2. The SMILES string of the molecule is CCN1C(=O)C(=Cc2ccc(OC)c(COc3ccc(NC(C)=O)cc3)c2)C(=O)NC1=S. The maximum atomic E-state index is 12.6. The van der Waals surface area contributed by atoms with Gasteiger partial charge in [-0.3, -0.25) is 24.6 Å². The van der Waals surface area contributed by atoms with E-state index in [1.807, 2.05) is 0 Å². The Kier molecular flexibility index (Phi) is 7.21. The summed E-state index contributed by atoms with van der Waals surface area (Å²) < 4.78 is 11.3. The van der Waals surface area contributed by atoms with Crippen LogP contribution in [0.4, 0.5) is 5.69 Å². The number of carbonyl (C=O) groups excluding carboxylic acids is 3. The third-order valence-corrected chi connectivity index (χ3v) is 5.01. The van der Waals surface area contributed by atoms with Gasteiger partial charge in [-0.15, -0.1) is 0 Å². The second kappa shape index (κ2) is 10.1. The summed E-state index contributed by atoms with van der Waals surface area (Å²) in [5.41, 5.74) is 2.06. The van der Waals surface area contributed by atoms with Crippen molar-refractivity contribution in [3.63, 3.8) is 0 Å². The zero-order valence-corrected chi connectivity index (χ0v) is 18.7. The molecule has 2 aromatic rings. The molecule has 1 aliphatic rings. The number of carbonyl (C=O) groups is 3. The van der Waals surface area contributed by atoms with Crippen molar-refractivity contribution in [3.8, 4) is 11.5 Å². The predicted octanol–water partition coefficient (Wildman–Crippen LogP) is 2.88. The highest BCUT2D eigenvalue weighted by Crippen LogP contribution is 2.25. The van der Waals surface area contributed by atoms with E-state index in [0.29, 0.717) is 29.3 Å². The number of ether oxygens (including phenoxy) is 2. The van der Waals surface area contributed by atoms with E-state index in [1.54, 1.807) is 56.5 Å². The second-order valence-electron chi connectivity index (χ2n) is 6.93. The van der Waals surface area contributed by atoms with Gasteiger partial charge in [0.25, 0.3) is 11.8 Å². The number of hydrogen-bond acceptors (Lipinski definition) is 6. The van der Waals surface area contributed by atoms with Crippen LogP contribution in [0.1, 0.15) is 25.0 Å². The van der Waals surface area contributed by atoms with E-state index in [1.165, 1.54) is 17.9 Å². The van der Waals surface area contributed by atoms with Gasteiger partial charge < -0.3 is 14.8 Å². The fourth-order valence-electron chi connectivity index (χ4n) is 3.15. The lowest BCUT2D eigenvalue weighted by atomic mass is 10.0. The maximum absolute atomic E-state index is 12.6. The van der Waals surface area contributed by atoms with Gasteiger partial charge in [0.1, 0.15) is 23.7 Å². The molecular formula is C23H23N3O5S. The number of anilines is 1. The highest BCUT2D eigenvalue weighted by Gasteiger charge is 2.32. The summed E-state index contributed by atoms with van der Waals surface area (Å²) in [7, 11) is 1.55. The van der Waals surface area contributed by atoms with Crippen molar-refractivity contribution in [3.05, 3.63) is 59.2 Å². The first kappa shape index (κ1) is 23.0. The van der Waals surface area contributed by atoms with Crippen LogP contribution in [-0.2, 0) is 21.0 Å². The van der Waals surface area contributed by atoms with E-state index in [2.05, 4.69) is 10.6 Å². The van der Waals surface area contributed by atoms with Crippen molar-refractivity contribution >= 4 is 46.8 Å². The molecule has 0 aromatic heterocycles. The summed E-state index contributed by atoms with van der Waals surface area (Å²) in [5, 5.41) is 5.33. The van der Waals surface area contributed by atoms with E-state index < -0.39 is 11.8 Å². The predicted molar refractivity (Wildman–Crippen MR) is 124 cm³/mol. The van der Waals surface area contributed by atoms with Gasteiger partial charge >= 0.3 is 0 Å². The van der Waals surface area contributed by atoms with Gasteiger partial charge in [-0.2, -0.15) is 0 Å². The molecule has 0 aliphatic carbocycles. The fraction of sp³-hybridized carbons (Fsp3) is 0.217. The van der Waals surface area contributed by atoms with Gasteiger partial charge in [0.05, 0.1) is 7.11 Å². The molecule has 8 nitrogen and oxygen atoms in total. The number of nitrogens with zero attached hydrogens (tertiary/aromatic N) is 1. The van der Waals surface area contributed by atoms with Crippen molar-refractivity contribution in [2.75, 3.05) is 19.0 Å². The average Bonchev–Trinajstić information content (AvgIpc) is 2.76. The highest BCUT2D eigenvalue weighted by atomic mass is 32.1. The fourth-order valence-corrected chi connectivity index (χ4v) is 3.45. The van der Waals surface area contributed by atoms with Crippen molar-refractivity contribution < 1.29 is 23.9 Å². The first-order chi connectivity index (χ1) is 15.3. The first-order valence-corrected chi connectivity index (χ1v) is 10.3. The second-order valence-corrected chi connectivity index (χ2v) is 7.32. The zero-order valence-electron chi connectivity index (χ0n) is 17.9. The van der Waals surface area contributed by atoms with Crippen molar-refractivity contribution in [1.29, 1.82) is 0 Å². The number of benzene rings is 2. The number of likely N-dealkylation sites (N-methyl/N-ethyl adjacent to an activating group) is 1. The molecule has 2 aromatic carbocycles. The van der Waals surface area contributed by atoms with Crippen molar-refractivity contribution in [1.82, 2.24) is 10.2 Å².